The molecule has 0 spiro atoms. The Morgan fingerprint density at radius 1 is 1.31 bits per heavy atom. The van der Waals surface area contributed by atoms with E-state index < -0.39 is 23.3 Å². The van der Waals surface area contributed by atoms with Crippen LogP contribution in [-0.2, 0) is 6.18 Å². The summed E-state index contributed by atoms with van der Waals surface area (Å²) < 4.78 is 49.8. The second-order valence-electron chi connectivity index (χ2n) is 3.06. The van der Waals surface area contributed by atoms with Gasteiger partial charge in [-0.25, -0.2) is 4.39 Å². The lowest BCUT2D eigenvalue weighted by atomic mass is 10.1. The van der Waals surface area contributed by atoms with Gasteiger partial charge in [0.15, 0.2) is 5.78 Å². The molecule has 0 amide bonds. The van der Waals surface area contributed by atoms with E-state index in [4.69, 9.17) is 0 Å². The van der Waals surface area contributed by atoms with Crippen LogP contribution in [0.1, 0.15) is 22.8 Å². The third kappa shape index (κ3) is 2.68. The molecule has 0 N–H and O–H groups in total. The summed E-state index contributed by atoms with van der Waals surface area (Å²) in [6.45, 7) is 1.56. The highest BCUT2D eigenvalue weighted by Crippen LogP contribution is 2.31. The third-order valence-corrected chi connectivity index (χ3v) is 1.87. The minimum absolute atomic E-state index is 0.188. The molecule has 0 saturated heterocycles. The Kier molecular flexibility index (Phi) is 3.47. The van der Waals surface area contributed by atoms with Gasteiger partial charge < -0.3 is 0 Å². The Morgan fingerprint density at radius 3 is 2.44 bits per heavy atom. The highest BCUT2D eigenvalue weighted by Gasteiger charge is 2.34. The molecule has 1 aromatic rings. The van der Waals surface area contributed by atoms with Gasteiger partial charge in [-0.15, -0.1) is 0 Å². The summed E-state index contributed by atoms with van der Waals surface area (Å²) in [6, 6.07) is 2.17. The summed E-state index contributed by atoms with van der Waals surface area (Å²) in [5.74, 6) is -1.97. The van der Waals surface area contributed by atoms with E-state index in [1.807, 2.05) is 0 Å². The number of alkyl halides is 3. The maximum atomic E-state index is 12.9. The van der Waals surface area contributed by atoms with Crippen LogP contribution in [0.4, 0.5) is 17.6 Å². The topological polar surface area (TPSA) is 17.1 Å². The molecule has 1 nitrogen and oxygen atoms in total. The van der Waals surface area contributed by atoms with Crippen molar-refractivity contribution in [3.05, 3.63) is 47.3 Å². The van der Waals surface area contributed by atoms with Gasteiger partial charge in [-0.1, -0.05) is 6.08 Å². The van der Waals surface area contributed by atoms with E-state index in [2.05, 4.69) is 0 Å². The van der Waals surface area contributed by atoms with Crippen molar-refractivity contribution in [1.82, 2.24) is 0 Å². The number of hydrogen-bond donors (Lipinski definition) is 0. The minimum Gasteiger partial charge on any atom is -0.289 e. The zero-order chi connectivity index (χ0) is 12.3. The highest BCUT2D eigenvalue weighted by atomic mass is 19.4. The lowest BCUT2D eigenvalue weighted by Gasteiger charge is -2.08. The van der Waals surface area contributed by atoms with Crippen LogP contribution in [0.3, 0.4) is 0 Å². The first-order valence-corrected chi connectivity index (χ1v) is 4.40. The molecule has 0 aliphatic carbocycles. The Labute approximate surface area is 89.4 Å². The van der Waals surface area contributed by atoms with Crippen LogP contribution >= 0.6 is 0 Å². The molecule has 0 aliphatic rings. The lowest BCUT2D eigenvalue weighted by Crippen LogP contribution is -2.09. The minimum atomic E-state index is -4.80. The predicted molar refractivity (Wildman–Crippen MR) is 50.5 cm³/mol. The first-order valence-electron chi connectivity index (χ1n) is 4.40. The number of rotatable bonds is 2. The van der Waals surface area contributed by atoms with Gasteiger partial charge in [0.2, 0.25) is 0 Å². The summed E-state index contributed by atoms with van der Waals surface area (Å²) in [5, 5.41) is 0. The summed E-state index contributed by atoms with van der Waals surface area (Å²) in [4.78, 5) is 11.3. The maximum Gasteiger partial charge on any atom is 0.419 e. The summed E-state index contributed by atoms with van der Waals surface area (Å²) in [6.07, 6.45) is -2.28. The summed E-state index contributed by atoms with van der Waals surface area (Å²) in [5.41, 5.74) is -1.62. The van der Waals surface area contributed by atoms with E-state index in [0.29, 0.717) is 12.1 Å². The molecule has 0 radical (unpaired) electrons. The molecular formula is C11H8F4O. The molecule has 16 heavy (non-hydrogen) atoms. The van der Waals surface area contributed by atoms with Crippen LogP contribution in [0.2, 0.25) is 0 Å². The smallest absolute Gasteiger partial charge is 0.289 e. The highest BCUT2D eigenvalue weighted by molar-refractivity contribution is 6.04. The quantitative estimate of drug-likeness (QED) is 0.432. The Balaban J connectivity index is 3.23. The molecule has 1 rings (SSSR count). The number of allylic oxidation sites excluding steroid dienone is 2. The van der Waals surface area contributed by atoms with Gasteiger partial charge in [0, 0.05) is 5.56 Å². The Bertz CT molecular complexity index is 432. The molecule has 0 heterocycles. The predicted octanol–water partition coefficient (Wildman–Crippen LogP) is 3.60. The molecule has 86 valence electrons. The molecular weight excluding hydrogens is 224 g/mol. The number of hydrogen-bond acceptors (Lipinski definition) is 1. The van der Waals surface area contributed by atoms with Crippen molar-refractivity contribution in [3.63, 3.8) is 0 Å². The molecule has 0 saturated carbocycles. The van der Waals surface area contributed by atoms with E-state index in [9.17, 15) is 22.4 Å². The second-order valence-corrected chi connectivity index (χ2v) is 3.06. The summed E-state index contributed by atoms with van der Waals surface area (Å²) in [7, 11) is 0. The summed E-state index contributed by atoms with van der Waals surface area (Å²) >= 11 is 0. The molecule has 0 fully saturated rings. The standard InChI is InChI=1S/C11H8F4O/c1-2-3-10(16)7-4-5-9(12)8(6-7)11(13,14)15/h2-6H,1H3. The fourth-order valence-electron chi connectivity index (χ4n) is 1.14. The van der Waals surface area contributed by atoms with Crippen molar-refractivity contribution < 1.29 is 22.4 Å². The van der Waals surface area contributed by atoms with Gasteiger partial charge in [0.05, 0.1) is 5.56 Å². The Morgan fingerprint density at radius 2 is 1.94 bits per heavy atom. The van der Waals surface area contributed by atoms with E-state index in [1.54, 1.807) is 6.92 Å². The van der Waals surface area contributed by atoms with Crippen molar-refractivity contribution >= 4 is 5.78 Å². The fourth-order valence-corrected chi connectivity index (χ4v) is 1.14. The van der Waals surface area contributed by atoms with Gasteiger partial charge in [-0.3, -0.25) is 4.79 Å². The molecule has 0 aliphatic heterocycles. The number of halogens is 4. The number of ketones is 1. The zero-order valence-corrected chi connectivity index (χ0v) is 8.31. The average Bonchev–Trinajstić information content (AvgIpc) is 2.16. The van der Waals surface area contributed by atoms with Crippen LogP contribution in [0, 0.1) is 5.82 Å². The monoisotopic (exact) mass is 232 g/mol. The molecule has 1 aromatic carbocycles. The van der Waals surface area contributed by atoms with Crippen LogP contribution < -0.4 is 0 Å². The van der Waals surface area contributed by atoms with Gasteiger partial charge in [-0.05, 0) is 31.2 Å². The number of carbonyl (C=O) groups excluding carboxylic acids is 1. The van der Waals surface area contributed by atoms with Crippen molar-refractivity contribution in [2.24, 2.45) is 0 Å². The van der Waals surface area contributed by atoms with Crippen LogP contribution in [0.25, 0.3) is 0 Å². The van der Waals surface area contributed by atoms with Crippen LogP contribution in [0.15, 0.2) is 30.4 Å². The van der Waals surface area contributed by atoms with Crippen LogP contribution in [-0.4, -0.2) is 5.78 Å². The van der Waals surface area contributed by atoms with E-state index in [0.717, 1.165) is 12.1 Å². The van der Waals surface area contributed by atoms with Gasteiger partial charge >= 0.3 is 6.18 Å². The molecule has 0 unspecified atom stereocenters. The SMILES string of the molecule is CC=CC(=O)c1ccc(F)c(C(F)(F)F)c1. The molecule has 0 atom stereocenters. The largest absolute Gasteiger partial charge is 0.419 e. The normalized spacial score (nSPS) is 12.1. The maximum absolute atomic E-state index is 12.9. The first kappa shape index (κ1) is 12.4. The molecule has 5 heteroatoms. The van der Waals surface area contributed by atoms with Gasteiger partial charge in [0.25, 0.3) is 0 Å². The Hall–Kier alpha value is -1.65. The van der Waals surface area contributed by atoms with Crippen molar-refractivity contribution in [1.29, 1.82) is 0 Å². The zero-order valence-electron chi connectivity index (χ0n) is 8.31. The van der Waals surface area contributed by atoms with Gasteiger partial charge in [0.1, 0.15) is 5.82 Å². The van der Waals surface area contributed by atoms with Crippen LogP contribution in [0.5, 0.6) is 0 Å². The second kappa shape index (κ2) is 4.47. The van der Waals surface area contributed by atoms with Crippen molar-refractivity contribution in [3.8, 4) is 0 Å². The van der Waals surface area contributed by atoms with E-state index in [-0.39, 0.29) is 5.56 Å². The van der Waals surface area contributed by atoms with Crippen molar-refractivity contribution in [2.45, 2.75) is 13.1 Å². The lowest BCUT2D eigenvalue weighted by molar-refractivity contribution is -0.140. The fraction of sp³-hybridized carbons (Fsp3) is 0.182. The number of benzene rings is 1. The van der Waals surface area contributed by atoms with Gasteiger partial charge in [-0.2, -0.15) is 13.2 Å². The number of carbonyl (C=O) groups is 1. The third-order valence-electron chi connectivity index (χ3n) is 1.87. The van der Waals surface area contributed by atoms with E-state index in [1.165, 1.54) is 6.08 Å². The molecule has 0 bridgehead atoms. The van der Waals surface area contributed by atoms with Crippen molar-refractivity contribution in [2.75, 3.05) is 0 Å². The average molecular weight is 232 g/mol. The van der Waals surface area contributed by atoms with E-state index >= 15 is 0 Å². The molecule has 0 aromatic heterocycles. The first-order chi connectivity index (χ1) is 7.36.